The molecule has 0 aromatic heterocycles. The molecule has 0 heterocycles. The lowest BCUT2D eigenvalue weighted by Crippen LogP contribution is -2.32. The van der Waals surface area contributed by atoms with Crippen LogP contribution in [0.4, 0.5) is 11.4 Å². The zero-order valence-electron chi connectivity index (χ0n) is 21.6. The number of para-hydroxylation sites is 2. The first-order chi connectivity index (χ1) is 18.6. The molecular formula is C32H32N2O4. The molecule has 2 atom stereocenters. The molecule has 0 spiro atoms. The third-order valence-corrected chi connectivity index (χ3v) is 6.01. The van der Waals surface area contributed by atoms with Gasteiger partial charge >= 0.3 is 0 Å². The van der Waals surface area contributed by atoms with Crippen molar-refractivity contribution in [3.05, 3.63) is 109 Å². The predicted octanol–water partition coefficient (Wildman–Crippen LogP) is 6.95. The minimum atomic E-state index is -0.578. The molecule has 0 unspecified atom stereocenters. The Hall–Kier alpha value is -4.58. The van der Waals surface area contributed by atoms with Crippen molar-refractivity contribution in [2.75, 3.05) is 10.6 Å². The molecule has 0 saturated heterocycles. The van der Waals surface area contributed by atoms with Crippen molar-refractivity contribution in [3.8, 4) is 22.6 Å². The number of hydrogen-bond acceptors (Lipinski definition) is 4. The average molecular weight is 509 g/mol. The molecule has 4 aromatic carbocycles. The number of nitrogens with one attached hydrogen (secondary N) is 2. The van der Waals surface area contributed by atoms with Crippen LogP contribution in [0.5, 0.6) is 11.5 Å². The summed E-state index contributed by atoms with van der Waals surface area (Å²) in [5.74, 6) is 0.952. The van der Waals surface area contributed by atoms with Gasteiger partial charge in [-0.05, 0) is 72.5 Å². The number of hydrogen-bond donors (Lipinski definition) is 2. The van der Waals surface area contributed by atoms with E-state index in [0.29, 0.717) is 35.7 Å². The molecule has 0 aliphatic rings. The van der Waals surface area contributed by atoms with Gasteiger partial charge in [0, 0.05) is 11.4 Å². The Balaban J connectivity index is 1.33. The van der Waals surface area contributed by atoms with Crippen molar-refractivity contribution < 1.29 is 19.1 Å². The normalized spacial score (nSPS) is 12.2. The standard InChI is InChI=1S/C32H32N2O4/c1-3-29(37-27-11-7-5-8-12-27)31(35)33-25-19-15-23(16-20-25)24-17-21-26(22-18-24)34-32(36)30(4-2)38-28-13-9-6-10-14-28/h5-22,29-30H,3-4H2,1-2H3,(H,33,35)(H,34,36)/t29-,30-/m1/s1. The summed E-state index contributed by atoms with van der Waals surface area (Å²) < 4.78 is 11.7. The van der Waals surface area contributed by atoms with E-state index in [2.05, 4.69) is 10.6 Å². The molecule has 6 heteroatoms. The fraction of sp³-hybridized carbons (Fsp3) is 0.188. The van der Waals surface area contributed by atoms with Crippen molar-refractivity contribution in [1.29, 1.82) is 0 Å². The second-order valence-electron chi connectivity index (χ2n) is 8.79. The van der Waals surface area contributed by atoms with Crippen molar-refractivity contribution in [3.63, 3.8) is 0 Å². The number of carbonyl (C=O) groups excluding carboxylic acids is 2. The molecule has 0 aliphatic carbocycles. The Bertz CT molecular complexity index is 1200. The summed E-state index contributed by atoms with van der Waals surface area (Å²) in [7, 11) is 0. The van der Waals surface area contributed by atoms with Gasteiger partial charge in [0.2, 0.25) is 0 Å². The van der Waals surface area contributed by atoms with Gasteiger partial charge in [0.15, 0.2) is 12.2 Å². The van der Waals surface area contributed by atoms with Gasteiger partial charge in [0.05, 0.1) is 0 Å². The number of anilines is 2. The van der Waals surface area contributed by atoms with Gasteiger partial charge in [-0.2, -0.15) is 0 Å². The molecular weight excluding hydrogens is 476 g/mol. The number of benzene rings is 4. The van der Waals surface area contributed by atoms with Crippen LogP contribution in [0.2, 0.25) is 0 Å². The predicted molar refractivity (Wildman–Crippen MR) is 151 cm³/mol. The molecule has 4 rings (SSSR count). The Morgan fingerprint density at radius 3 is 1.21 bits per heavy atom. The Morgan fingerprint density at radius 2 is 0.895 bits per heavy atom. The molecule has 4 aromatic rings. The lowest BCUT2D eigenvalue weighted by molar-refractivity contribution is -0.123. The fourth-order valence-corrected chi connectivity index (χ4v) is 3.91. The van der Waals surface area contributed by atoms with E-state index < -0.39 is 12.2 Å². The van der Waals surface area contributed by atoms with Crippen molar-refractivity contribution in [1.82, 2.24) is 0 Å². The summed E-state index contributed by atoms with van der Waals surface area (Å²) in [5, 5.41) is 5.87. The summed E-state index contributed by atoms with van der Waals surface area (Å²) in [6, 6.07) is 33.9. The van der Waals surface area contributed by atoms with Crippen LogP contribution in [-0.4, -0.2) is 24.0 Å². The first kappa shape index (κ1) is 26.5. The Kier molecular flexibility index (Phi) is 9.13. The zero-order valence-corrected chi connectivity index (χ0v) is 21.6. The first-order valence-electron chi connectivity index (χ1n) is 12.8. The molecule has 6 nitrogen and oxygen atoms in total. The molecule has 194 valence electrons. The Morgan fingerprint density at radius 1 is 0.553 bits per heavy atom. The van der Waals surface area contributed by atoms with Crippen LogP contribution in [0.15, 0.2) is 109 Å². The molecule has 0 fully saturated rings. The monoisotopic (exact) mass is 508 g/mol. The van der Waals surface area contributed by atoms with Crippen molar-refractivity contribution >= 4 is 23.2 Å². The lowest BCUT2D eigenvalue weighted by atomic mass is 10.0. The SMILES string of the molecule is CC[C@@H](Oc1ccccc1)C(=O)Nc1ccc(-c2ccc(NC(=O)[C@@H](CC)Oc3ccccc3)cc2)cc1. The van der Waals surface area contributed by atoms with Crippen LogP contribution in [0.25, 0.3) is 11.1 Å². The highest BCUT2D eigenvalue weighted by atomic mass is 16.5. The lowest BCUT2D eigenvalue weighted by Gasteiger charge is -2.17. The maximum atomic E-state index is 12.7. The fourth-order valence-electron chi connectivity index (χ4n) is 3.91. The van der Waals surface area contributed by atoms with E-state index in [4.69, 9.17) is 9.47 Å². The maximum Gasteiger partial charge on any atom is 0.265 e. The summed E-state index contributed by atoms with van der Waals surface area (Å²) in [6.07, 6.45) is -0.0477. The third kappa shape index (κ3) is 7.23. The minimum Gasteiger partial charge on any atom is -0.481 e. The van der Waals surface area contributed by atoms with Gasteiger partial charge < -0.3 is 20.1 Å². The third-order valence-electron chi connectivity index (χ3n) is 6.01. The van der Waals surface area contributed by atoms with Gasteiger partial charge in [-0.15, -0.1) is 0 Å². The first-order valence-corrected chi connectivity index (χ1v) is 12.8. The second kappa shape index (κ2) is 13.1. The largest absolute Gasteiger partial charge is 0.481 e. The van der Waals surface area contributed by atoms with E-state index in [9.17, 15) is 9.59 Å². The topological polar surface area (TPSA) is 76.7 Å². The summed E-state index contributed by atoms with van der Waals surface area (Å²) >= 11 is 0. The van der Waals surface area contributed by atoms with Crippen LogP contribution in [-0.2, 0) is 9.59 Å². The molecule has 2 amide bonds. The highest BCUT2D eigenvalue weighted by Gasteiger charge is 2.19. The molecule has 0 radical (unpaired) electrons. The Labute approximate surface area is 223 Å². The molecule has 0 bridgehead atoms. The van der Waals surface area contributed by atoms with Crippen LogP contribution >= 0.6 is 0 Å². The molecule has 38 heavy (non-hydrogen) atoms. The smallest absolute Gasteiger partial charge is 0.265 e. The number of rotatable bonds is 11. The van der Waals surface area contributed by atoms with E-state index in [1.165, 1.54) is 0 Å². The zero-order chi connectivity index (χ0) is 26.7. The minimum absolute atomic E-state index is 0.189. The number of ether oxygens (including phenoxy) is 2. The van der Waals surface area contributed by atoms with Crippen LogP contribution in [0.3, 0.4) is 0 Å². The van der Waals surface area contributed by atoms with Gasteiger partial charge in [0.25, 0.3) is 11.8 Å². The average Bonchev–Trinajstić information content (AvgIpc) is 2.96. The van der Waals surface area contributed by atoms with Gasteiger partial charge in [-0.1, -0.05) is 74.5 Å². The quantitative estimate of drug-likeness (QED) is 0.230. The number of carbonyl (C=O) groups is 2. The van der Waals surface area contributed by atoms with E-state index in [1.54, 1.807) is 0 Å². The number of amides is 2. The summed E-state index contributed by atoms with van der Waals surface area (Å²) in [5.41, 5.74) is 3.38. The molecule has 2 N–H and O–H groups in total. The van der Waals surface area contributed by atoms with Gasteiger partial charge in [-0.3, -0.25) is 9.59 Å². The van der Waals surface area contributed by atoms with E-state index in [1.807, 2.05) is 123 Å². The summed E-state index contributed by atoms with van der Waals surface area (Å²) in [4.78, 5) is 25.4. The van der Waals surface area contributed by atoms with Gasteiger partial charge in [0.1, 0.15) is 11.5 Å². The molecule has 0 saturated carbocycles. The highest BCUT2D eigenvalue weighted by molar-refractivity contribution is 5.95. The van der Waals surface area contributed by atoms with Crippen LogP contribution < -0.4 is 20.1 Å². The van der Waals surface area contributed by atoms with Crippen LogP contribution in [0.1, 0.15) is 26.7 Å². The van der Waals surface area contributed by atoms with Crippen LogP contribution in [0, 0.1) is 0 Å². The highest BCUT2D eigenvalue weighted by Crippen LogP contribution is 2.24. The van der Waals surface area contributed by atoms with Crippen molar-refractivity contribution in [2.24, 2.45) is 0 Å². The second-order valence-corrected chi connectivity index (χ2v) is 8.79. The maximum absolute atomic E-state index is 12.7. The van der Waals surface area contributed by atoms with E-state index in [-0.39, 0.29) is 11.8 Å². The van der Waals surface area contributed by atoms with Crippen molar-refractivity contribution in [2.45, 2.75) is 38.9 Å². The summed E-state index contributed by atoms with van der Waals surface area (Å²) in [6.45, 7) is 3.84. The van der Waals surface area contributed by atoms with E-state index >= 15 is 0 Å². The molecule has 0 aliphatic heterocycles. The van der Waals surface area contributed by atoms with E-state index in [0.717, 1.165) is 11.1 Å². The van der Waals surface area contributed by atoms with Gasteiger partial charge in [-0.25, -0.2) is 0 Å².